The van der Waals surface area contributed by atoms with Crippen LogP contribution in [0.25, 0.3) is 0 Å². The molecule has 0 bridgehead atoms. The van der Waals surface area contributed by atoms with Gasteiger partial charge in [0, 0.05) is 24.5 Å². The number of methoxy groups -OCH3 is 1. The fourth-order valence-electron chi connectivity index (χ4n) is 3.07. The van der Waals surface area contributed by atoms with Gasteiger partial charge in [-0.3, -0.25) is 4.79 Å². The van der Waals surface area contributed by atoms with Crippen molar-refractivity contribution in [1.29, 1.82) is 0 Å². The van der Waals surface area contributed by atoms with Crippen molar-refractivity contribution in [1.82, 2.24) is 0 Å². The van der Waals surface area contributed by atoms with Gasteiger partial charge in [-0.25, -0.2) is 0 Å². The SMILES string of the molecule is COc1ccc(CC(=O)Nc2cccc(N3CCCCC3)c2)cc1. The third-order valence-electron chi connectivity index (χ3n) is 4.37. The van der Waals surface area contributed by atoms with Crippen LogP contribution in [-0.4, -0.2) is 26.1 Å². The average molecular weight is 324 g/mol. The number of nitrogens with one attached hydrogen (secondary N) is 1. The van der Waals surface area contributed by atoms with Gasteiger partial charge in [0.25, 0.3) is 0 Å². The third kappa shape index (κ3) is 4.28. The van der Waals surface area contributed by atoms with Crippen LogP contribution in [0, 0.1) is 0 Å². The van der Waals surface area contributed by atoms with Crippen molar-refractivity contribution in [2.45, 2.75) is 25.7 Å². The van der Waals surface area contributed by atoms with E-state index in [4.69, 9.17) is 4.74 Å². The van der Waals surface area contributed by atoms with E-state index in [1.807, 2.05) is 36.4 Å². The number of carbonyl (C=O) groups excluding carboxylic acids is 1. The Kier molecular flexibility index (Phi) is 5.36. The average Bonchev–Trinajstić information content (AvgIpc) is 2.63. The second-order valence-electron chi connectivity index (χ2n) is 6.17. The van der Waals surface area contributed by atoms with E-state index >= 15 is 0 Å². The standard InChI is InChI=1S/C20H24N2O2/c1-24-19-10-8-16(9-11-19)14-20(23)21-17-6-5-7-18(15-17)22-12-3-2-4-13-22/h5-11,15H,2-4,12-14H2,1H3,(H,21,23). The second-order valence-corrected chi connectivity index (χ2v) is 6.17. The van der Waals surface area contributed by atoms with Crippen molar-refractivity contribution in [3.63, 3.8) is 0 Å². The molecule has 126 valence electrons. The minimum Gasteiger partial charge on any atom is -0.497 e. The molecule has 1 heterocycles. The van der Waals surface area contributed by atoms with E-state index in [0.717, 1.165) is 30.1 Å². The molecule has 1 N–H and O–H groups in total. The van der Waals surface area contributed by atoms with Crippen molar-refractivity contribution in [2.24, 2.45) is 0 Å². The molecule has 0 aromatic heterocycles. The molecule has 3 rings (SSSR count). The summed E-state index contributed by atoms with van der Waals surface area (Å²) in [4.78, 5) is 14.7. The predicted molar refractivity (Wildman–Crippen MR) is 97.8 cm³/mol. The predicted octanol–water partition coefficient (Wildman–Crippen LogP) is 3.87. The lowest BCUT2D eigenvalue weighted by Crippen LogP contribution is -2.29. The van der Waals surface area contributed by atoms with Crippen LogP contribution >= 0.6 is 0 Å². The molecule has 1 aliphatic heterocycles. The lowest BCUT2D eigenvalue weighted by Gasteiger charge is -2.29. The quantitative estimate of drug-likeness (QED) is 0.908. The number of amides is 1. The molecule has 0 atom stereocenters. The van der Waals surface area contributed by atoms with Gasteiger partial charge in [-0.1, -0.05) is 18.2 Å². The van der Waals surface area contributed by atoms with Gasteiger partial charge in [0.15, 0.2) is 0 Å². The lowest BCUT2D eigenvalue weighted by molar-refractivity contribution is -0.115. The van der Waals surface area contributed by atoms with Crippen molar-refractivity contribution in [3.05, 3.63) is 54.1 Å². The van der Waals surface area contributed by atoms with E-state index in [0.29, 0.717) is 6.42 Å². The topological polar surface area (TPSA) is 41.6 Å². The molecule has 0 radical (unpaired) electrons. The molecule has 1 saturated heterocycles. The maximum atomic E-state index is 12.3. The maximum Gasteiger partial charge on any atom is 0.228 e. The van der Waals surface area contributed by atoms with Crippen molar-refractivity contribution in [2.75, 3.05) is 30.4 Å². The highest BCUT2D eigenvalue weighted by molar-refractivity contribution is 5.92. The fourth-order valence-corrected chi connectivity index (χ4v) is 3.07. The highest BCUT2D eigenvalue weighted by Gasteiger charge is 2.12. The van der Waals surface area contributed by atoms with Gasteiger partial charge < -0.3 is 15.0 Å². The van der Waals surface area contributed by atoms with Gasteiger partial charge in [-0.05, 0) is 55.2 Å². The molecule has 0 unspecified atom stereocenters. The van der Waals surface area contributed by atoms with Crippen LogP contribution < -0.4 is 15.0 Å². The Labute approximate surface area is 143 Å². The van der Waals surface area contributed by atoms with Crippen LogP contribution in [0.15, 0.2) is 48.5 Å². The van der Waals surface area contributed by atoms with Gasteiger partial charge in [0.2, 0.25) is 5.91 Å². The van der Waals surface area contributed by atoms with E-state index in [-0.39, 0.29) is 5.91 Å². The van der Waals surface area contributed by atoms with Gasteiger partial charge in [-0.15, -0.1) is 0 Å². The molecule has 1 aliphatic rings. The molecule has 1 amide bonds. The number of anilines is 2. The summed E-state index contributed by atoms with van der Waals surface area (Å²) in [6.45, 7) is 2.20. The van der Waals surface area contributed by atoms with Crippen molar-refractivity contribution < 1.29 is 9.53 Å². The molecule has 4 nitrogen and oxygen atoms in total. The summed E-state index contributed by atoms with van der Waals surface area (Å²) in [6.07, 6.45) is 4.16. The minimum atomic E-state index is -0.00374. The molecule has 4 heteroatoms. The van der Waals surface area contributed by atoms with Gasteiger partial charge in [0.05, 0.1) is 13.5 Å². The van der Waals surface area contributed by atoms with Gasteiger partial charge in [-0.2, -0.15) is 0 Å². The van der Waals surface area contributed by atoms with Crippen LogP contribution in [0.3, 0.4) is 0 Å². The molecule has 1 fully saturated rings. The first kappa shape index (κ1) is 16.4. The Morgan fingerprint density at radius 1 is 1.08 bits per heavy atom. The van der Waals surface area contributed by atoms with E-state index in [1.165, 1.54) is 24.9 Å². The lowest BCUT2D eigenvalue weighted by atomic mass is 10.1. The maximum absolute atomic E-state index is 12.3. The number of nitrogens with zero attached hydrogens (tertiary/aromatic N) is 1. The molecule has 0 saturated carbocycles. The Balaban J connectivity index is 1.61. The highest BCUT2D eigenvalue weighted by Crippen LogP contribution is 2.23. The van der Waals surface area contributed by atoms with Crippen LogP contribution in [0.5, 0.6) is 5.75 Å². The zero-order chi connectivity index (χ0) is 16.8. The van der Waals surface area contributed by atoms with E-state index < -0.39 is 0 Å². The largest absolute Gasteiger partial charge is 0.497 e. The van der Waals surface area contributed by atoms with Crippen LogP contribution in [-0.2, 0) is 11.2 Å². The smallest absolute Gasteiger partial charge is 0.228 e. The van der Waals surface area contributed by atoms with Gasteiger partial charge in [0.1, 0.15) is 5.75 Å². The number of rotatable bonds is 5. The molecular formula is C20H24N2O2. The highest BCUT2D eigenvalue weighted by atomic mass is 16.5. The third-order valence-corrected chi connectivity index (χ3v) is 4.37. The first-order valence-corrected chi connectivity index (χ1v) is 8.52. The van der Waals surface area contributed by atoms with E-state index in [1.54, 1.807) is 7.11 Å². The number of benzene rings is 2. The molecular weight excluding hydrogens is 300 g/mol. The van der Waals surface area contributed by atoms with Crippen LogP contribution in [0.2, 0.25) is 0 Å². The van der Waals surface area contributed by atoms with Crippen molar-refractivity contribution >= 4 is 17.3 Å². The first-order valence-electron chi connectivity index (χ1n) is 8.52. The molecule has 0 spiro atoms. The monoisotopic (exact) mass is 324 g/mol. The number of hydrogen-bond donors (Lipinski definition) is 1. The summed E-state index contributed by atoms with van der Waals surface area (Å²) >= 11 is 0. The second kappa shape index (κ2) is 7.86. The summed E-state index contributed by atoms with van der Waals surface area (Å²) < 4.78 is 5.14. The van der Waals surface area contributed by atoms with Crippen LogP contribution in [0.1, 0.15) is 24.8 Å². The molecule has 0 aliphatic carbocycles. The van der Waals surface area contributed by atoms with Gasteiger partial charge >= 0.3 is 0 Å². The Hall–Kier alpha value is -2.49. The zero-order valence-electron chi connectivity index (χ0n) is 14.1. The summed E-state index contributed by atoms with van der Waals surface area (Å²) in [5.41, 5.74) is 3.02. The zero-order valence-corrected chi connectivity index (χ0v) is 14.1. The summed E-state index contributed by atoms with van der Waals surface area (Å²) in [5.74, 6) is 0.796. The molecule has 2 aromatic rings. The molecule has 2 aromatic carbocycles. The first-order chi connectivity index (χ1) is 11.7. The Morgan fingerprint density at radius 2 is 1.83 bits per heavy atom. The normalized spacial score (nSPS) is 14.3. The summed E-state index contributed by atoms with van der Waals surface area (Å²) in [7, 11) is 1.64. The molecule has 24 heavy (non-hydrogen) atoms. The van der Waals surface area contributed by atoms with E-state index in [9.17, 15) is 4.79 Å². The van der Waals surface area contributed by atoms with Crippen molar-refractivity contribution in [3.8, 4) is 5.75 Å². The van der Waals surface area contributed by atoms with Crippen LogP contribution in [0.4, 0.5) is 11.4 Å². The number of ether oxygens (including phenoxy) is 1. The Morgan fingerprint density at radius 3 is 2.54 bits per heavy atom. The fraction of sp³-hybridized carbons (Fsp3) is 0.350. The number of piperidine rings is 1. The Bertz CT molecular complexity index is 676. The summed E-state index contributed by atoms with van der Waals surface area (Å²) in [6, 6.07) is 15.7. The minimum absolute atomic E-state index is 0.00374. The number of carbonyl (C=O) groups is 1. The summed E-state index contributed by atoms with van der Waals surface area (Å²) in [5, 5.41) is 3.00. The van der Waals surface area contributed by atoms with E-state index in [2.05, 4.69) is 22.3 Å². The number of hydrogen-bond acceptors (Lipinski definition) is 3.